The number of nitrogens with zero attached hydrogens (tertiary/aromatic N) is 1. The van der Waals surface area contributed by atoms with Gasteiger partial charge in [0.25, 0.3) is 10.0 Å². The van der Waals surface area contributed by atoms with Gasteiger partial charge in [0.1, 0.15) is 10.7 Å². The maximum absolute atomic E-state index is 13.8. The molecule has 2 aromatic carbocycles. The minimum absolute atomic E-state index is 0.300. The normalized spacial score (nSPS) is 14.3. The van der Waals surface area contributed by atoms with Crippen LogP contribution in [-0.2, 0) is 16.4 Å². The molecule has 3 rings (SSSR count). The molecule has 0 saturated carbocycles. The smallest absolute Gasteiger partial charge is 0.267 e. The highest BCUT2D eigenvalue weighted by molar-refractivity contribution is 7.92. The van der Waals surface area contributed by atoms with E-state index in [2.05, 4.69) is 0 Å². The number of hydrogen-bond acceptors (Lipinski definition) is 3. The molecular formula is C15H15FN2O2S. The van der Waals surface area contributed by atoms with Crippen molar-refractivity contribution in [3.63, 3.8) is 0 Å². The molecule has 110 valence electrons. The predicted octanol–water partition coefficient (Wildman–Crippen LogP) is 2.47. The number of aryl methyl sites for hydroxylation is 1. The summed E-state index contributed by atoms with van der Waals surface area (Å²) in [6.45, 7) is 2.18. The molecule has 21 heavy (non-hydrogen) atoms. The van der Waals surface area contributed by atoms with Crippen LogP contribution < -0.4 is 10.0 Å². The summed E-state index contributed by atoms with van der Waals surface area (Å²) < 4.78 is 40.4. The Balaban J connectivity index is 2.13. The van der Waals surface area contributed by atoms with E-state index in [1.54, 1.807) is 6.07 Å². The molecule has 0 fully saturated rings. The standard InChI is InChI=1S/C15H15FN2O2S/c1-10-8-11-6-7-18(14(11)9-13(10)17)21(19,20)15-5-3-2-4-12(15)16/h2-5,8-9H,6-7,17H2,1H3. The average Bonchev–Trinajstić information content (AvgIpc) is 2.83. The first-order valence-electron chi connectivity index (χ1n) is 6.57. The van der Waals surface area contributed by atoms with E-state index in [0.29, 0.717) is 24.3 Å². The van der Waals surface area contributed by atoms with Crippen LogP contribution in [0.2, 0.25) is 0 Å². The topological polar surface area (TPSA) is 63.4 Å². The van der Waals surface area contributed by atoms with Crippen LogP contribution in [-0.4, -0.2) is 15.0 Å². The van der Waals surface area contributed by atoms with Crippen LogP contribution in [0, 0.1) is 12.7 Å². The van der Waals surface area contributed by atoms with E-state index in [1.807, 2.05) is 13.0 Å². The summed E-state index contributed by atoms with van der Waals surface area (Å²) in [6.07, 6.45) is 0.601. The van der Waals surface area contributed by atoms with Gasteiger partial charge in [-0.3, -0.25) is 4.31 Å². The maximum atomic E-state index is 13.8. The molecule has 0 saturated heterocycles. The van der Waals surface area contributed by atoms with Gasteiger partial charge in [0.05, 0.1) is 5.69 Å². The van der Waals surface area contributed by atoms with Crippen molar-refractivity contribution in [3.8, 4) is 0 Å². The quantitative estimate of drug-likeness (QED) is 0.867. The average molecular weight is 306 g/mol. The molecule has 1 aliphatic heterocycles. The zero-order valence-electron chi connectivity index (χ0n) is 11.5. The molecular weight excluding hydrogens is 291 g/mol. The predicted molar refractivity (Wildman–Crippen MR) is 80.2 cm³/mol. The summed E-state index contributed by atoms with van der Waals surface area (Å²) in [7, 11) is -3.91. The number of sulfonamides is 1. The van der Waals surface area contributed by atoms with E-state index >= 15 is 0 Å². The molecule has 4 nitrogen and oxygen atoms in total. The first-order chi connectivity index (χ1) is 9.91. The Morgan fingerprint density at radius 3 is 2.67 bits per heavy atom. The number of halogens is 1. The summed E-state index contributed by atoms with van der Waals surface area (Å²) in [4.78, 5) is -0.308. The lowest BCUT2D eigenvalue weighted by Crippen LogP contribution is -2.29. The van der Waals surface area contributed by atoms with Crippen LogP contribution in [0.3, 0.4) is 0 Å². The van der Waals surface area contributed by atoms with Crippen molar-refractivity contribution in [1.82, 2.24) is 0 Å². The van der Waals surface area contributed by atoms with Crippen molar-refractivity contribution < 1.29 is 12.8 Å². The van der Waals surface area contributed by atoms with Crippen LogP contribution in [0.15, 0.2) is 41.3 Å². The summed E-state index contributed by atoms with van der Waals surface area (Å²) in [6, 6.07) is 8.94. The van der Waals surface area contributed by atoms with Crippen molar-refractivity contribution >= 4 is 21.4 Å². The minimum atomic E-state index is -3.91. The molecule has 1 heterocycles. The van der Waals surface area contributed by atoms with Gasteiger partial charge in [0, 0.05) is 12.2 Å². The van der Waals surface area contributed by atoms with Gasteiger partial charge in [-0.05, 0) is 42.7 Å². The van der Waals surface area contributed by atoms with Gasteiger partial charge < -0.3 is 5.73 Å². The van der Waals surface area contributed by atoms with E-state index in [1.165, 1.54) is 22.5 Å². The second kappa shape index (κ2) is 4.73. The summed E-state index contributed by atoms with van der Waals surface area (Å²) >= 11 is 0. The van der Waals surface area contributed by atoms with E-state index in [9.17, 15) is 12.8 Å². The second-order valence-corrected chi connectivity index (χ2v) is 6.93. The summed E-state index contributed by atoms with van der Waals surface area (Å²) in [5.41, 5.74) is 8.78. The summed E-state index contributed by atoms with van der Waals surface area (Å²) in [5, 5.41) is 0. The molecule has 6 heteroatoms. The SMILES string of the molecule is Cc1cc2c(cc1N)N(S(=O)(=O)c1ccccc1F)CC2. The van der Waals surface area contributed by atoms with Gasteiger partial charge in [0.2, 0.25) is 0 Å². The molecule has 0 radical (unpaired) electrons. The van der Waals surface area contributed by atoms with Crippen molar-refractivity contribution in [2.75, 3.05) is 16.6 Å². The van der Waals surface area contributed by atoms with Gasteiger partial charge in [0.15, 0.2) is 0 Å². The Bertz CT molecular complexity index is 818. The van der Waals surface area contributed by atoms with Gasteiger partial charge in [-0.25, -0.2) is 12.8 Å². The van der Waals surface area contributed by atoms with E-state index in [4.69, 9.17) is 5.73 Å². The Labute approximate surface area is 123 Å². The maximum Gasteiger partial charge on any atom is 0.267 e. The fourth-order valence-corrected chi connectivity index (χ4v) is 4.13. The Morgan fingerprint density at radius 2 is 1.95 bits per heavy atom. The zero-order valence-corrected chi connectivity index (χ0v) is 12.3. The molecule has 0 atom stereocenters. The number of nitrogens with two attached hydrogens (primary N) is 1. The Kier molecular flexibility index (Phi) is 3.13. The van der Waals surface area contributed by atoms with Gasteiger partial charge in [-0.1, -0.05) is 18.2 Å². The van der Waals surface area contributed by atoms with Gasteiger partial charge in [-0.15, -0.1) is 0 Å². The molecule has 0 aromatic heterocycles. The van der Waals surface area contributed by atoms with Gasteiger partial charge in [-0.2, -0.15) is 0 Å². The van der Waals surface area contributed by atoms with E-state index in [-0.39, 0.29) is 4.90 Å². The third-order valence-corrected chi connectivity index (χ3v) is 5.57. The number of anilines is 2. The first-order valence-corrected chi connectivity index (χ1v) is 8.01. The fraction of sp³-hybridized carbons (Fsp3) is 0.200. The molecule has 0 bridgehead atoms. The Morgan fingerprint density at radius 1 is 1.24 bits per heavy atom. The van der Waals surface area contributed by atoms with Crippen LogP contribution in [0.4, 0.5) is 15.8 Å². The second-order valence-electron chi connectivity index (χ2n) is 5.10. The fourth-order valence-electron chi connectivity index (χ4n) is 2.57. The van der Waals surface area contributed by atoms with Crippen LogP contribution in [0.5, 0.6) is 0 Å². The number of rotatable bonds is 2. The number of hydrogen-bond donors (Lipinski definition) is 1. The monoisotopic (exact) mass is 306 g/mol. The number of benzene rings is 2. The lowest BCUT2D eigenvalue weighted by molar-refractivity contribution is 0.564. The zero-order chi connectivity index (χ0) is 15.2. The largest absolute Gasteiger partial charge is 0.398 e. The molecule has 2 aromatic rings. The van der Waals surface area contributed by atoms with Crippen LogP contribution in [0.1, 0.15) is 11.1 Å². The third kappa shape index (κ3) is 2.15. The van der Waals surface area contributed by atoms with Crippen molar-refractivity contribution in [3.05, 3.63) is 53.3 Å². The summed E-state index contributed by atoms with van der Waals surface area (Å²) in [5.74, 6) is -0.744. The lowest BCUT2D eigenvalue weighted by Gasteiger charge is -2.20. The van der Waals surface area contributed by atoms with E-state index < -0.39 is 15.8 Å². The van der Waals surface area contributed by atoms with E-state index in [0.717, 1.165) is 17.2 Å². The number of fused-ring (bicyclic) bond motifs is 1. The molecule has 0 amide bonds. The molecule has 0 aliphatic carbocycles. The van der Waals surface area contributed by atoms with Gasteiger partial charge >= 0.3 is 0 Å². The van der Waals surface area contributed by atoms with Crippen LogP contribution >= 0.6 is 0 Å². The molecule has 2 N–H and O–H groups in total. The number of nitrogen functional groups attached to an aromatic ring is 1. The Hall–Kier alpha value is -2.08. The highest BCUT2D eigenvalue weighted by atomic mass is 32.2. The minimum Gasteiger partial charge on any atom is -0.398 e. The molecule has 0 unspecified atom stereocenters. The van der Waals surface area contributed by atoms with Crippen molar-refractivity contribution in [2.24, 2.45) is 0 Å². The first kappa shape index (κ1) is 13.9. The van der Waals surface area contributed by atoms with Crippen molar-refractivity contribution in [2.45, 2.75) is 18.2 Å². The van der Waals surface area contributed by atoms with Crippen LogP contribution in [0.25, 0.3) is 0 Å². The third-order valence-electron chi connectivity index (χ3n) is 3.72. The highest BCUT2D eigenvalue weighted by Crippen LogP contribution is 2.36. The lowest BCUT2D eigenvalue weighted by atomic mass is 10.1. The highest BCUT2D eigenvalue weighted by Gasteiger charge is 2.32. The van der Waals surface area contributed by atoms with Crippen molar-refractivity contribution in [1.29, 1.82) is 0 Å². The molecule has 1 aliphatic rings. The molecule has 0 spiro atoms.